The zero-order chi connectivity index (χ0) is 11.5. The number of aryl methyl sites for hydroxylation is 1. The Morgan fingerprint density at radius 2 is 2.27 bits per heavy atom. The second-order valence-electron chi connectivity index (χ2n) is 4.43. The van der Waals surface area contributed by atoms with Crippen LogP contribution in [0.3, 0.4) is 0 Å². The molecule has 0 unspecified atom stereocenters. The molecule has 0 fully saturated rings. The number of aromatic nitrogens is 1. The SMILES string of the molecule is Cc1nc(CN=C(N)NC(C)(C)C)cs1. The minimum atomic E-state index is -0.0500. The van der Waals surface area contributed by atoms with E-state index >= 15 is 0 Å². The summed E-state index contributed by atoms with van der Waals surface area (Å²) >= 11 is 1.63. The molecule has 84 valence electrons. The summed E-state index contributed by atoms with van der Waals surface area (Å²) in [5.74, 6) is 0.466. The third-order valence-electron chi connectivity index (χ3n) is 1.58. The first-order chi connectivity index (χ1) is 6.87. The maximum absolute atomic E-state index is 5.73. The number of aliphatic imine (C=N–C) groups is 1. The van der Waals surface area contributed by atoms with Gasteiger partial charge in [0.25, 0.3) is 0 Å². The van der Waals surface area contributed by atoms with Crippen LogP contribution >= 0.6 is 11.3 Å². The fourth-order valence-electron chi connectivity index (χ4n) is 1.07. The van der Waals surface area contributed by atoms with Crippen LogP contribution in [0.2, 0.25) is 0 Å². The largest absolute Gasteiger partial charge is 0.370 e. The molecule has 0 aliphatic heterocycles. The van der Waals surface area contributed by atoms with Gasteiger partial charge in [0.2, 0.25) is 0 Å². The number of hydrogen-bond acceptors (Lipinski definition) is 3. The molecule has 0 bridgehead atoms. The van der Waals surface area contributed by atoms with E-state index in [1.54, 1.807) is 11.3 Å². The molecular formula is C10H18N4S. The van der Waals surface area contributed by atoms with E-state index < -0.39 is 0 Å². The number of thiazole rings is 1. The lowest BCUT2D eigenvalue weighted by molar-refractivity contribution is 0.508. The van der Waals surface area contributed by atoms with Gasteiger partial charge in [-0.15, -0.1) is 11.3 Å². The van der Waals surface area contributed by atoms with Gasteiger partial charge in [-0.1, -0.05) is 0 Å². The van der Waals surface area contributed by atoms with Gasteiger partial charge in [0.15, 0.2) is 5.96 Å². The molecule has 0 spiro atoms. The normalized spacial score (nSPS) is 12.9. The van der Waals surface area contributed by atoms with E-state index in [1.807, 2.05) is 33.1 Å². The number of nitrogens with two attached hydrogens (primary N) is 1. The third kappa shape index (κ3) is 4.78. The predicted octanol–water partition coefficient (Wildman–Crippen LogP) is 1.65. The molecule has 0 saturated heterocycles. The van der Waals surface area contributed by atoms with Gasteiger partial charge in [-0.2, -0.15) is 0 Å². The van der Waals surface area contributed by atoms with Gasteiger partial charge in [0.1, 0.15) is 0 Å². The maximum atomic E-state index is 5.73. The summed E-state index contributed by atoms with van der Waals surface area (Å²) in [6.07, 6.45) is 0. The molecule has 4 nitrogen and oxygen atoms in total. The van der Waals surface area contributed by atoms with Gasteiger partial charge in [-0.25, -0.2) is 9.98 Å². The molecule has 15 heavy (non-hydrogen) atoms. The van der Waals surface area contributed by atoms with Crippen molar-refractivity contribution in [2.24, 2.45) is 10.7 Å². The molecule has 0 aliphatic carbocycles. The first-order valence-corrected chi connectivity index (χ1v) is 5.74. The van der Waals surface area contributed by atoms with E-state index in [0.717, 1.165) is 10.7 Å². The second kappa shape index (κ2) is 4.61. The molecule has 1 heterocycles. The Hall–Kier alpha value is -1.10. The molecule has 1 rings (SSSR count). The van der Waals surface area contributed by atoms with Crippen molar-refractivity contribution in [3.8, 4) is 0 Å². The minimum Gasteiger partial charge on any atom is -0.370 e. The summed E-state index contributed by atoms with van der Waals surface area (Å²) in [4.78, 5) is 8.53. The van der Waals surface area contributed by atoms with Crippen LogP contribution < -0.4 is 11.1 Å². The lowest BCUT2D eigenvalue weighted by atomic mass is 10.1. The molecule has 0 aromatic carbocycles. The number of guanidine groups is 1. The Morgan fingerprint density at radius 3 is 2.73 bits per heavy atom. The van der Waals surface area contributed by atoms with Gasteiger partial charge < -0.3 is 11.1 Å². The van der Waals surface area contributed by atoms with E-state index in [0.29, 0.717) is 12.5 Å². The Morgan fingerprint density at radius 1 is 1.60 bits per heavy atom. The van der Waals surface area contributed by atoms with E-state index in [-0.39, 0.29) is 5.54 Å². The van der Waals surface area contributed by atoms with Crippen molar-refractivity contribution in [2.45, 2.75) is 39.8 Å². The molecule has 1 aromatic heterocycles. The van der Waals surface area contributed by atoms with Crippen molar-refractivity contribution in [1.82, 2.24) is 10.3 Å². The smallest absolute Gasteiger partial charge is 0.189 e. The molecule has 0 saturated carbocycles. The number of rotatable bonds is 2. The number of nitrogens with zero attached hydrogens (tertiary/aromatic N) is 2. The highest BCUT2D eigenvalue weighted by molar-refractivity contribution is 7.09. The fraction of sp³-hybridized carbons (Fsp3) is 0.600. The molecule has 3 N–H and O–H groups in total. The summed E-state index contributed by atoms with van der Waals surface area (Å²) in [7, 11) is 0. The summed E-state index contributed by atoms with van der Waals surface area (Å²) in [6.45, 7) is 8.65. The van der Waals surface area contributed by atoms with Crippen molar-refractivity contribution < 1.29 is 0 Å². The average molecular weight is 226 g/mol. The van der Waals surface area contributed by atoms with Crippen LogP contribution in [0, 0.1) is 6.92 Å². The average Bonchev–Trinajstić information content (AvgIpc) is 2.45. The summed E-state index contributed by atoms with van der Waals surface area (Å²) in [6, 6.07) is 0. The lowest BCUT2D eigenvalue weighted by Gasteiger charge is -2.20. The number of nitrogens with one attached hydrogen (secondary N) is 1. The zero-order valence-corrected chi connectivity index (χ0v) is 10.5. The van der Waals surface area contributed by atoms with E-state index in [1.165, 1.54) is 0 Å². The molecule has 0 atom stereocenters. The monoisotopic (exact) mass is 226 g/mol. The van der Waals surface area contributed by atoms with Gasteiger partial charge >= 0.3 is 0 Å². The van der Waals surface area contributed by atoms with Crippen LogP contribution in [0.4, 0.5) is 0 Å². The fourth-order valence-corrected chi connectivity index (χ4v) is 1.67. The Bertz CT molecular complexity index is 349. The van der Waals surface area contributed by atoms with Gasteiger partial charge in [-0.05, 0) is 27.7 Å². The standard InChI is InChI=1S/C10H18N4S/c1-7-13-8(6-15-7)5-12-9(11)14-10(2,3)4/h6H,5H2,1-4H3,(H3,11,12,14). The zero-order valence-electron chi connectivity index (χ0n) is 9.66. The lowest BCUT2D eigenvalue weighted by Crippen LogP contribution is -2.44. The molecule has 0 radical (unpaired) electrons. The first-order valence-electron chi connectivity index (χ1n) is 4.86. The maximum Gasteiger partial charge on any atom is 0.189 e. The summed E-state index contributed by atoms with van der Waals surface area (Å²) in [5.41, 5.74) is 6.65. The minimum absolute atomic E-state index is 0.0500. The quantitative estimate of drug-likeness (QED) is 0.595. The van der Waals surface area contributed by atoms with Crippen molar-refractivity contribution >= 4 is 17.3 Å². The van der Waals surface area contributed by atoms with Crippen molar-refractivity contribution in [3.63, 3.8) is 0 Å². The highest BCUT2D eigenvalue weighted by Crippen LogP contribution is 2.08. The van der Waals surface area contributed by atoms with Crippen LogP contribution in [-0.4, -0.2) is 16.5 Å². The highest BCUT2D eigenvalue weighted by atomic mass is 32.1. The number of hydrogen-bond donors (Lipinski definition) is 2. The van der Waals surface area contributed by atoms with E-state index in [9.17, 15) is 0 Å². The van der Waals surface area contributed by atoms with E-state index in [4.69, 9.17) is 5.73 Å². The third-order valence-corrected chi connectivity index (χ3v) is 2.40. The van der Waals surface area contributed by atoms with Crippen LogP contribution in [0.15, 0.2) is 10.4 Å². The topological polar surface area (TPSA) is 63.3 Å². The Kier molecular flexibility index (Phi) is 3.68. The Balaban J connectivity index is 2.51. The molecule has 5 heteroatoms. The van der Waals surface area contributed by atoms with Crippen LogP contribution in [-0.2, 0) is 6.54 Å². The van der Waals surface area contributed by atoms with Crippen molar-refractivity contribution in [1.29, 1.82) is 0 Å². The van der Waals surface area contributed by atoms with Gasteiger partial charge in [-0.3, -0.25) is 0 Å². The molecule has 0 aliphatic rings. The van der Waals surface area contributed by atoms with Crippen LogP contribution in [0.25, 0.3) is 0 Å². The second-order valence-corrected chi connectivity index (χ2v) is 5.50. The van der Waals surface area contributed by atoms with Gasteiger partial charge in [0.05, 0.1) is 17.2 Å². The van der Waals surface area contributed by atoms with Gasteiger partial charge in [0, 0.05) is 10.9 Å². The Labute approximate surface area is 94.6 Å². The van der Waals surface area contributed by atoms with Crippen molar-refractivity contribution in [2.75, 3.05) is 0 Å². The van der Waals surface area contributed by atoms with Crippen LogP contribution in [0.1, 0.15) is 31.5 Å². The van der Waals surface area contributed by atoms with Crippen LogP contribution in [0.5, 0.6) is 0 Å². The molecule has 0 amide bonds. The van der Waals surface area contributed by atoms with Crippen molar-refractivity contribution in [3.05, 3.63) is 16.1 Å². The summed E-state index contributed by atoms with van der Waals surface area (Å²) < 4.78 is 0. The molecule has 1 aromatic rings. The first kappa shape index (κ1) is 12.0. The molecular weight excluding hydrogens is 208 g/mol. The predicted molar refractivity (Wildman–Crippen MR) is 65.1 cm³/mol. The highest BCUT2D eigenvalue weighted by Gasteiger charge is 2.09. The van der Waals surface area contributed by atoms with E-state index in [2.05, 4.69) is 15.3 Å². The summed E-state index contributed by atoms with van der Waals surface area (Å²) in [5, 5.41) is 6.16.